The van der Waals surface area contributed by atoms with Crippen LogP contribution >= 0.6 is 0 Å². The Kier molecular flexibility index (Phi) is 5.69. The molecule has 1 N–H and O–H groups in total. The van der Waals surface area contributed by atoms with Crippen molar-refractivity contribution >= 4 is 27.3 Å². The molecule has 0 atom stereocenters. The first kappa shape index (κ1) is 21.3. The summed E-state index contributed by atoms with van der Waals surface area (Å²) in [5.41, 5.74) is 0.161. The minimum atomic E-state index is -3.74. The largest absolute Gasteiger partial charge is 0.379 e. The molecular formula is C19H19F2N5O4S. The average molecular weight is 451 g/mol. The molecular weight excluding hydrogens is 432 g/mol. The Morgan fingerprint density at radius 3 is 2.68 bits per heavy atom. The molecule has 164 valence electrons. The van der Waals surface area contributed by atoms with E-state index in [0.29, 0.717) is 18.9 Å². The number of alkyl halides is 2. The number of rotatable bonds is 5. The first-order chi connectivity index (χ1) is 14.8. The number of nitrogens with one attached hydrogen (secondary N) is 1. The van der Waals surface area contributed by atoms with E-state index in [9.17, 15) is 22.0 Å². The van der Waals surface area contributed by atoms with Gasteiger partial charge >= 0.3 is 0 Å². The van der Waals surface area contributed by atoms with E-state index in [4.69, 9.17) is 4.74 Å². The minimum Gasteiger partial charge on any atom is -0.379 e. The van der Waals surface area contributed by atoms with E-state index in [1.165, 1.54) is 34.6 Å². The second-order valence-electron chi connectivity index (χ2n) is 6.92. The van der Waals surface area contributed by atoms with Crippen LogP contribution in [0.2, 0.25) is 0 Å². The van der Waals surface area contributed by atoms with E-state index >= 15 is 0 Å². The number of hydrogen-bond acceptors (Lipinski definition) is 6. The summed E-state index contributed by atoms with van der Waals surface area (Å²) in [6.45, 7) is 2.67. The highest BCUT2D eigenvalue weighted by molar-refractivity contribution is 7.89. The molecule has 0 saturated carbocycles. The number of benzene rings is 1. The molecule has 0 unspecified atom stereocenters. The summed E-state index contributed by atoms with van der Waals surface area (Å²) < 4.78 is 59.7. The van der Waals surface area contributed by atoms with Crippen LogP contribution in [0.25, 0.3) is 5.65 Å². The van der Waals surface area contributed by atoms with E-state index < -0.39 is 22.4 Å². The van der Waals surface area contributed by atoms with Crippen LogP contribution in [0.5, 0.6) is 0 Å². The summed E-state index contributed by atoms with van der Waals surface area (Å²) >= 11 is 0. The number of morpholine rings is 1. The van der Waals surface area contributed by atoms with Gasteiger partial charge < -0.3 is 10.1 Å². The summed E-state index contributed by atoms with van der Waals surface area (Å²) in [4.78, 5) is 17.0. The Morgan fingerprint density at radius 1 is 1.23 bits per heavy atom. The number of sulfonamides is 1. The van der Waals surface area contributed by atoms with Gasteiger partial charge in [0, 0.05) is 24.5 Å². The summed E-state index contributed by atoms with van der Waals surface area (Å²) in [5, 5.41) is 6.45. The Bertz CT molecular complexity index is 1240. The van der Waals surface area contributed by atoms with Crippen LogP contribution in [0.15, 0.2) is 41.4 Å². The van der Waals surface area contributed by atoms with E-state index in [1.807, 2.05) is 0 Å². The summed E-state index contributed by atoms with van der Waals surface area (Å²) in [6.07, 6.45) is -1.64. The Morgan fingerprint density at radius 2 is 1.97 bits per heavy atom. The third-order valence-electron chi connectivity index (χ3n) is 4.80. The van der Waals surface area contributed by atoms with Crippen LogP contribution in [0, 0.1) is 6.92 Å². The van der Waals surface area contributed by atoms with E-state index in [1.54, 1.807) is 6.92 Å². The van der Waals surface area contributed by atoms with Crippen molar-refractivity contribution in [2.45, 2.75) is 18.2 Å². The van der Waals surface area contributed by atoms with Crippen molar-refractivity contribution < 1.29 is 26.7 Å². The van der Waals surface area contributed by atoms with Gasteiger partial charge in [0.15, 0.2) is 5.65 Å². The zero-order chi connectivity index (χ0) is 22.2. The molecule has 0 bridgehead atoms. The van der Waals surface area contributed by atoms with Gasteiger partial charge in [-0.15, -0.1) is 0 Å². The highest BCUT2D eigenvalue weighted by Gasteiger charge is 2.27. The number of aromatic nitrogens is 3. The van der Waals surface area contributed by atoms with Crippen LogP contribution in [0.1, 0.15) is 28.2 Å². The molecule has 31 heavy (non-hydrogen) atoms. The molecule has 0 spiro atoms. The molecule has 1 amide bonds. The number of anilines is 1. The zero-order valence-electron chi connectivity index (χ0n) is 16.5. The highest BCUT2D eigenvalue weighted by Crippen LogP contribution is 2.24. The van der Waals surface area contributed by atoms with Gasteiger partial charge in [-0.3, -0.25) is 4.79 Å². The van der Waals surface area contributed by atoms with Gasteiger partial charge in [0.05, 0.1) is 24.3 Å². The fourth-order valence-electron chi connectivity index (χ4n) is 3.30. The molecule has 0 radical (unpaired) electrons. The van der Waals surface area contributed by atoms with Gasteiger partial charge in [-0.2, -0.15) is 9.40 Å². The molecule has 9 nitrogen and oxygen atoms in total. The van der Waals surface area contributed by atoms with Gasteiger partial charge in [0.1, 0.15) is 11.3 Å². The molecule has 1 aliphatic heterocycles. The van der Waals surface area contributed by atoms with Crippen molar-refractivity contribution in [2.24, 2.45) is 0 Å². The molecule has 1 saturated heterocycles. The highest BCUT2D eigenvalue weighted by atomic mass is 32.2. The Labute approximate surface area is 176 Å². The third kappa shape index (κ3) is 4.13. The molecule has 1 fully saturated rings. The zero-order valence-corrected chi connectivity index (χ0v) is 17.3. The number of aryl methyl sites for hydroxylation is 1. The van der Waals surface area contributed by atoms with Crippen molar-refractivity contribution in [2.75, 3.05) is 31.6 Å². The normalized spacial score (nSPS) is 15.5. The Balaban J connectivity index is 1.62. The standard InChI is InChI=1S/C19H19F2N5O4S/c1-12-9-16(17(20)21)26-18(23-12)15(11-22-26)19(27)24-13-3-2-4-14(10-13)31(28,29)25-5-7-30-8-6-25/h2-4,9-11,17H,5-8H2,1H3,(H,24,27). The fourth-order valence-corrected chi connectivity index (χ4v) is 4.75. The quantitative estimate of drug-likeness (QED) is 0.638. The first-order valence-corrected chi connectivity index (χ1v) is 10.8. The van der Waals surface area contributed by atoms with Crippen molar-refractivity contribution in [1.82, 2.24) is 18.9 Å². The monoisotopic (exact) mass is 451 g/mol. The predicted octanol–water partition coefficient (Wildman–Crippen LogP) is 2.25. The van der Waals surface area contributed by atoms with E-state index in [-0.39, 0.29) is 40.6 Å². The Hall–Kier alpha value is -2.96. The van der Waals surface area contributed by atoms with Crippen LogP contribution in [0.3, 0.4) is 0 Å². The second kappa shape index (κ2) is 8.29. The van der Waals surface area contributed by atoms with E-state index in [2.05, 4.69) is 15.4 Å². The number of ether oxygens (including phenoxy) is 1. The third-order valence-corrected chi connectivity index (χ3v) is 6.69. The maximum atomic E-state index is 13.3. The van der Waals surface area contributed by atoms with Crippen LogP contribution in [0.4, 0.5) is 14.5 Å². The van der Waals surface area contributed by atoms with Crippen LogP contribution in [-0.2, 0) is 14.8 Å². The molecule has 1 aliphatic rings. The van der Waals surface area contributed by atoms with Gasteiger partial charge in [-0.05, 0) is 31.2 Å². The first-order valence-electron chi connectivity index (χ1n) is 9.40. The van der Waals surface area contributed by atoms with E-state index in [0.717, 1.165) is 10.7 Å². The fraction of sp³-hybridized carbons (Fsp3) is 0.316. The lowest BCUT2D eigenvalue weighted by Gasteiger charge is -2.26. The van der Waals surface area contributed by atoms with Gasteiger partial charge in [-0.1, -0.05) is 6.07 Å². The SMILES string of the molecule is Cc1cc(C(F)F)n2ncc(C(=O)Nc3cccc(S(=O)(=O)N4CCOCC4)c3)c2n1. The molecule has 2 aromatic heterocycles. The second-order valence-corrected chi connectivity index (χ2v) is 8.85. The molecule has 4 rings (SSSR count). The molecule has 3 heterocycles. The number of fused-ring (bicyclic) bond motifs is 1. The maximum Gasteiger partial charge on any atom is 0.280 e. The lowest BCUT2D eigenvalue weighted by molar-refractivity contribution is 0.0730. The predicted molar refractivity (Wildman–Crippen MR) is 107 cm³/mol. The van der Waals surface area contributed by atoms with Gasteiger partial charge in [0.25, 0.3) is 12.3 Å². The van der Waals surface area contributed by atoms with Gasteiger partial charge in [-0.25, -0.2) is 26.7 Å². The number of halogens is 2. The molecule has 12 heteroatoms. The number of nitrogens with zero attached hydrogens (tertiary/aromatic N) is 4. The average Bonchev–Trinajstić information content (AvgIpc) is 3.17. The minimum absolute atomic E-state index is 0.00737. The molecule has 3 aromatic rings. The topological polar surface area (TPSA) is 106 Å². The van der Waals surface area contributed by atoms with Crippen molar-refractivity contribution in [3.8, 4) is 0 Å². The number of amides is 1. The summed E-state index contributed by atoms with van der Waals surface area (Å²) in [5.74, 6) is -0.644. The van der Waals surface area contributed by atoms with Crippen LogP contribution < -0.4 is 5.32 Å². The molecule has 0 aliphatic carbocycles. The van der Waals surface area contributed by atoms with Crippen molar-refractivity contribution in [1.29, 1.82) is 0 Å². The van der Waals surface area contributed by atoms with Crippen LogP contribution in [-0.4, -0.2) is 59.5 Å². The maximum absolute atomic E-state index is 13.3. The van der Waals surface area contributed by atoms with Gasteiger partial charge in [0.2, 0.25) is 10.0 Å². The summed E-state index contributed by atoms with van der Waals surface area (Å²) in [7, 11) is -3.74. The lowest BCUT2D eigenvalue weighted by atomic mass is 10.2. The summed E-state index contributed by atoms with van der Waals surface area (Å²) in [6, 6.07) is 7.03. The number of carbonyl (C=O) groups excluding carboxylic acids is 1. The van der Waals surface area contributed by atoms with Crippen molar-refractivity contribution in [3.63, 3.8) is 0 Å². The number of carbonyl (C=O) groups is 1. The molecule has 1 aromatic carbocycles. The lowest BCUT2D eigenvalue weighted by Crippen LogP contribution is -2.40. The number of hydrogen-bond donors (Lipinski definition) is 1. The smallest absolute Gasteiger partial charge is 0.280 e. The van der Waals surface area contributed by atoms with Crippen molar-refractivity contribution in [3.05, 3.63) is 53.5 Å².